The summed E-state index contributed by atoms with van der Waals surface area (Å²) in [6.45, 7) is 4.18. The number of hydrogen-bond donors (Lipinski definition) is 1. The summed E-state index contributed by atoms with van der Waals surface area (Å²) < 4.78 is 1.85. The molecule has 2 N–H and O–H groups in total. The number of nitrogens with zero attached hydrogens (tertiary/aromatic N) is 3. The van der Waals surface area contributed by atoms with Crippen molar-refractivity contribution in [1.29, 1.82) is 0 Å². The maximum atomic E-state index is 6.61. The van der Waals surface area contributed by atoms with E-state index < -0.39 is 0 Å². The van der Waals surface area contributed by atoms with Gasteiger partial charge in [0.1, 0.15) is 5.52 Å². The highest BCUT2D eigenvalue weighted by molar-refractivity contribution is 5.93. The summed E-state index contributed by atoms with van der Waals surface area (Å²) in [6, 6.07) is 24.2. The lowest BCUT2D eigenvalue weighted by atomic mass is 10.0. The number of rotatable bonds is 3. The van der Waals surface area contributed by atoms with E-state index in [0.29, 0.717) is 5.70 Å². The number of hydrogen-bond acceptors (Lipinski definition) is 3. The first kappa shape index (κ1) is 16.1. The lowest BCUT2D eigenvalue weighted by molar-refractivity contribution is 0.841. The molecule has 0 unspecified atom stereocenters. The fraction of sp³-hybridized carbons (Fsp3) is 0.0909. The molecule has 26 heavy (non-hydrogen) atoms. The zero-order valence-electron chi connectivity index (χ0n) is 14.8. The zero-order chi connectivity index (χ0) is 18.1. The van der Waals surface area contributed by atoms with Gasteiger partial charge >= 0.3 is 0 Å². The minimum absolute atomic E-state index is 0.668. The van der Waals surface area contributed by atoms with Gasteiger partial charge in [0.05, 0.1) is 16.9 Å². The van der Waals surface area contributed by atoms with Gasteiger partial charge in [0, 0.05) is 5.56 Å². The van der Waals surface area contributed by atoms with E-state index in [0.717, 1.165) is 27.9 Å². The van der Waals surface area contributed by atoms with E-state index in [9.17, 15) is 0 Å². The molecule has 0 aliphatic rings. The second kappa shape index (κ2) is 6.48. The average Bonchev–Trinajstić information content (AvgIpc) is 3.06. The molecule has 0 fully saturated rings. The first-order valence-corrected chi connectivity index (χ1v) is 8.59. The molecule has 4 nitrogen and oxygen atoms in total. The first-order valence-electron chi connectivity index (χ1n) is 8.59. The lowest BCUT2D eigenvalue weighted by Gasteiger charge is -2.14. The van der Waals surface area contributed by atoms with Gasteiger partial charge in [0.25, 0.3) is 0 Å². The molecule has 128 valence electrons. The summed E-state index contributed by atoms with van der Waals surface area (Å²) in [4.78, 5) is 0. The Morgan fingerprint density at radius 3 is 2.04 bits per heavy atom. The van der Waals surface area contributed by atoms with Crippen molar-refractivity contribution < 1.29 is 0 Å². The molecule has 0 saturated carbocycles. The van der Waals surface area contributed by atoms with E-state index in [1.165, 1.54) is 11.1 Å². The Balaban J connectivity index is 2.03. The maximum absolute atomic E-state index is 6.61. The Hall–Kier alpha value is -3.40. The predicted molar refractivity (Wildman–Crippen MR) is 106 cm³/mol. The quantitative estimate of drug-likeness (QED) is 0.563. The van der Waals surface area contributed by atoms with Crippen molar-refractivity contribution in [3.63, 3.8) is 0 Å². The van der Waals surface area contributed by atoms with Gasteiger partial charge in [-0.1, -0.05) is 65.9 Å². The monoisotopic (exact) mass is 340 g/mol. The normalized spacial score (nSPS) is 12.2. The summed E-state index contributed by atoms with van der Waals surface area (Å²) in [7, 11) is 0. The number of fused-ring (bicyclic) bond motifs is 1. The van der Waals surface area contributed by atoms with Crippen LogP contribution in [0.5, 0.6) is 0 Å². The SMILES string of the molecule is Cc1cc2nnn(/C(=C(/N)c3ccccc3)c3ccccc3)c2cc1C. The average molecular weight is 340 g/mol. The highest BCUT2D eigenvalue weighted by Gasteiger charge is 2.16. The van der Waals surface area contributed by atoms with Crippen molar-refractivity contribution in [2.45, 2.75) is 13.8 Å². The highest BCUT2D eigenvalue weighted by Crippen LogP contribution is 2.28. The van der Waals surface area contributed by atoms with Gasteiger partial charge in [0.2, 0.25) is 0 Å². The van der Waals surface area contributed by atoms with Crippen LogP contribution in [0.3, 0.4) is 0 Å². The molecule has 3 aromatic carbocycles. The van der Waals surface area contributed by atoms with Crippen LogP contribution in [0, 0.1) is 13.8 Å². The summed E-state index contributed by atoms with van der Waals surface area (Å²) in [5.74, 6) is 0. The standard InChI is InChI=1S/C22H20N4/c1-15-13-19-20(14-16(15)2)26(25-24-19)22(18-11-7-4-8-12-18)21(23)17-9-5-3-6-10-17/h3-14H,23H2,1-2H3/b22-21+. The molecule has 0 bridgehead atoms. The van der Waals surface area contributed by atoms with Crippen LogP contribution in [0.2, 0.25) is 0 Å². The second-order valence-corrected chi connectivity index (χ2v) is 6.42. The maximum Gasteiger partial charge on any atom is 0.113 e. The van der Waals surface area contributed by atoms with Crippen molar-refractivity contribution in [2.24, 2.45) is 5.73 Å². The first-order chi connectivity index (χ1) is 12.6. The number of benzene rings is 3. The number of aryl methyl sites for hydroxylation is 2. The van der Waals surface area contributed by atoms with Crippen LogP contribution in [-0.2, 0) is 0 Å². The molecule has 0 aliphatic carbocycles. The van der Waals surface area contributed by atoms with Gasteiger partial charge in [-0.25, -0.2) is 4.68 Å². The van der Waals surface area contributed by atoms with Gasteiger partial charge in [-0.15, -0.1) is 5.10 Å². The molecule has 4 aromatic rings. The van der Waals surface area contributed by atoms with Crippen molar-refractivity contribution in [3.05, 3.63) is 95.1 Å². The minimum Gasteiger partial charge on any atom is -0.396 e. The van der Waals surface area contributed by atoms with Crippen molar-refractivity contribution in [2.75, 3.05) is 0 Å². The lowest BCUT2D eigenvalue weighted by Crippen LogP contribution is -2.10. The van der Waals surface area contributed by atoms with Gasteiger partial charge in [-0.3, -0.25) is 0 Å². The molecule has 0 saturated heterocycles. The molecule has 4 heteroatoms. The van der Waals surface area contributed by atoms with E-state index in [1.807, 2.05) is 65.3 Å². The predicted octanol–water partition coefficient (Wildman–Crippen LogP) is 4.38. The fourth-order valence-corrected chi connectivity index (χ4v) is 3.08. The van der Waals surface area contributed by atoms with Crippen LogP contribution in [0.25, 0.3) is 22.4 Å². The summed E-state index contributed by atoms with van der Waals surface area (Å²) in [5.41, 5.74) is 14.3. The van der Waals surface area contributed by atoms with Crippen LogP contribution >= 0.6 is 0 Å². The summed E-state index contributed by atoms with van der Waals surface area (Å²) >= 11 is 0. The van der Waals surface area contributed by atoms with Crippen molar-refractivity contribution in [3.8, 4) is 0 Å². The van der Waals surface area contributed by atoms with Crippen LogP contribution in [0.4, 0.5) is 0 Å². The van der Waals surface area contributed by atoms with Crippen molar-refractivity contribution >= 4 is 22.4 Å². The third-order valence-corrected chi connectivity index (χ3v) is 4.66. The van der Waals surface area contributed by atoms with E-state index in [2.05, 4.69) is 36.3 Å². The van der Waals surface area contributed by atoms with Gasteiger partial charge in [-0.05, 0) is 42.7 Å². The van der Waals surface area contributed by atoms with Crippen LogP contribution in [-0.4, -0.2) is 15.0 Å². The Morgan fingerprint density at radius 2 is 1.38 bits per heavy atom. The number of aromatic nitrogens is 3. The molecule has 1 heterocycles. The third-order valence-electron chi connectivity index (χ3n) is 4.66. The Kier molecular flexibility index (Phi) is 4.01. The molecule has 0 spiro atoms. The molecule has 0 amide bonds. The second-order valence-electron chi connectivity index (χ2n) is 6.42. The molecular formula is C22H20N4. The smallest absolute Gasteiger partial charge is 0.113 e. The highest BCUT2D eigenvalue weighted by atomic mass is 15.4. The van der Waals surface area contributed by atoms with Crippen LogP contribution in [0.1, 0.15) is 22.3 Å². The summed E-state index contributed by atoms with van der Waals surface area (Å²) in [6.07, 6.45) is 0. The van der Waals surface area contributed by atoms with Gasteiger partial charge < -0.3 is 5.73 Å². The Morgan fingerprint density at radius 1 is 0.808 bits per heavy atom. The largest absolute Gasteiger partial charge is 0.396 e. The Labute approximate surface area is 152 Å². The molecule has 0 radical (unpaired) electrons. The minimum atomic E-state index is 0.668. The van der Waals surface area contributed by atoms with Gasteiger partial charge in [0.15, 0.2) is 0 Å². The van der Waals surface area contributed by atoms with E-state index in [-0.39, 0.29) is 0 Å². The molecule has 1 aromatic heterocycles. The van der Waals surface area contributed by atoms with Crippen LogP contribution in [0.15, 0.2) is 72.8 Å². The molecule has 0 aliphatic heterocycles. The summed E-state index contributed by atoms with van der Waals surface area (Å²) in [5, 5.41) is 8.80. The number of nitrogens with two attached hydrogens (primary N) is 1. The van der Waals surface area contributed by atoms with Crippen molar-refractivity contribution in [1.82, 2.24) is 15.0 Å². The molecular weight excluding hydrogens is 320 g/mol. The Bertz CT molecular complexity index is 1090. The molecule has 0 atom stereocenters. The van der Waals surface area contributed by atoms with E-state index >= 15 is 0 Å². The fourth-order valence-electron chi connectivity index (χ4n) is 3.08. The molecule has 4 rings (SSSR count). The van der Waals surface area contributed by atoms with Crippen LogP contribution < -0.4 is 5.73 Å². The topological polar surface area (TPSA) is 56.7 Å². The third kappa shape index (κ3) is 2.75. The zero-order valence-corrected chi connectivity index (χ0v) is 14.8. The van der Waals surface area contributed by atoms with Gasteiger partial charge in [-0.2, -0.15) is 0 Å². The van der Waals surface area contributed by atoms with E-state index in [1.54, 1.807) is 0 Å². The van der Waals surface area contributed by atoms with E-state index in [4.69, 9.17) is 5.73 Å².